The molecule has 0 bridgehead atoms. The molecule has 3 rings (SSSR count). The predicted molar refractivity (Wildman–Crippen MR) is 95.3 cm³/mol. The lowest BCUT2D eigenvalue weighted by molar-refractivity contribution is -0.153. The van der Waals surface area contributed by atoms with Crippen molar-refractivity contribution in [3.8, 4) is 5.75 Å². The molecule has 2 aromatic rings. The normalized spacial score (nSPS) is 15.1. The van der Waals surface area contributed by atoms with Crippen molar-refractivity contribution in [3.63, 3.8) is 0 Å². The Morgan fingerprint density at radius 2 is 1.84 bits per heavy atom. The molecule has 0 aromatic heterocycles. The molecule has 25 heavy (non-hydrogen) atoms. The van der Waals surface area contributed by atoms with E-state index in [1.165, 1.54) is 7.11 Å². The number of halogens is 1. The third-order valence-corrected chi connectivity index (χ3v) is 4.97. The fourth-order valence-corrected chi connectivity index (χ4v) is 3.18. The molecule has 130 valence electrons. The van der Waals surface area contributed by atoms with Gasteiger partial charge in [-0.05, 0) is 42.7 Å². The van der Waals surface area contributed by atoms with E-state index in [4.69, 9.17) is 21.1 Å². The lowest BCUT2D eigenvalue weighted by Gasteiger charge is -2.39. The van der Waals surface area contributed by atoms with Crippen LogP contribution in [-0.4, -0.2) is 25.5 Å². The maximum atomic E-state index is 12.7. The first-order chi connectivity index (χ1) is 12.0. The van der Waals surface area contributed by atoms with Crippen molar-refractivity contribution >= 4 is 23.4 Å². The van der Waals surface area contributed by atoms with Crippen LogP contribution in [0.5, 0.6) is 5.75 Å². The molecule has 4 nitrogen and oxygen atoms in total. The first kappa shape index (κ1) is 17.5. The molecule has 5 heteroatoms. The zero-order valence-electron chi connectivity index (χ0n) is 14.0. The van der Waals surface area contributed by atoms with Crippen LogP contribution >= 0.6 is 11.6 Å². The van der Waals surface area contributed by atoms with Gasteiger partial charge in [0.05, 0.1) is 12.5 Å². The molecule has 0 heterocycles. The SMILES string of the molecule is COc1cccc(C(=O)COC(=O)C2(c3ccc(Cl)cc3)CCC2)c1. The van der Waals surface area contributed by atoms with Gasteiger partial charge < -0.3 is 9.47 Å². The highest BCUT2D eigenvalue weighted by Crippen LogP contribution is 2.45. The molecule has 0 unspecified atom stereocenters. The van der Waals surface area contributed by atoms with Crippen molar-refractivity contribution in [2.45, 2.75) is 24.7 Å². The molecule has 0 saturated heterocycles. The highest BCUT2D eigenvalue weighted by molar-refractivity contribution is 6.30. The average Bonchev–Trinajstić information content (AvgIpc) is 2.60. The molecule has 1 aliphatic rings. The first-order valence-corrected chi connectivity index (χ1v) is 8.53. The molecule has 1 aliphatic carbocycles. The van der Waals surface area contributed by atoms with Gasteiger partial charge >= 0.3 is 5.97 Å². The van der Waals surface area contributed by atoms with E-state index in [1.807, 2.05) is 12.1 Å². The molecule has 1 fully saturated rings. The Morgan fingerprint density at radius 3 is 2.44 bits per heavy atom. The molecule has 0 amide bonds. The average molecular weight is 359 g/mol. The number of carbonyl (C=O) groups is 2. The molecule has 1 saturated carbocycles. The molecule has 0 spiro atoms. The van der Waals surface area contributed by atoms with Gasteiger partial charge in [-0.1, -0.05) is 42.3 Å². The summed E-state index contributed by atoms with van der Waals surface area (Å²) in [5, 5.41) is 0.625. The van der Waals surface area contributed by atoms with Crippen LogP contribution in [-0.2, 0) is 14.9 Å². The summed E-state index contributed by atoms with van der Waals surface area (Å²) in [7, 11) is 1.54. The Bertz CT molecular complexity index is 779. The van der Waals surface area contributed by atoms with Crippen molar-refractivity contribution in [1.82, 2.24) is 0 Å². The van der Waals surface area contributed by atoms with Crippen LogP contribution in [0.4, 0.5) is 0 Å². The van der Waals surface area contributed by atoms with Crippen molar-refractivity contribution in [3.05, 3.63) is 64.7 Å². The van der Waals surface area contributed by atoms with Crippen molar-refractivity contribution in [2.24, 2.45) is 0 Å². The van der Waals surface area contributed by atoms with Crippen LogP contribution in [0.2, 0.25) is 5.02 Å². The third-order valence-electron chi connectivity index (χ3n) is 4.72. The highest BCUT2D eigenvalue weighted by Gasteiger charge is 2.47. The summed E-state index contributed by atoms with van der Waals surface area (Å²) in [6.07, 6.45) is 2.41. The number of esters is 1. The molecular formula is C20H19ClO4. The van der Waals surface area contributed by atoms with Gasteiger partial charge in [-0.25, -0.2) is 0 Å². The largest absolute Gasteiger partial charge is 0.497 e. The van der Waals surface area contributed by atoms with Gasteiger partial charge in [0.2, 0.25) is 0 Å². The fraction of sp³-hybridized carbons (Fsp3) is 0.300. The lowest BCUT2D eigenvalue weighted by Crippen LogP contribution is -2.44. The van der Waals surface area contributed by atoms with Crippen LogP contribution in [0.25, 0.3) is 0 Å². The Balaban J connectivity index is 1.68. The number of carbonyl (C=O) groups excluding carboxylic acids is 2. The van der Waals surface area contributed by atoms with Crippen molar-refractivity contribution in [1.29, 1.82) is 0 Å². The van der Waals surface area contributed by atoms with E-state index in [9.17, 15) is 9.59 Å². The Kier molecular flexibility index (Phi) is 5.09. The Labute approximate surface area is 151 Å². The summed E-state index contributed by atoms with van der Waals surface area (Å²) in [4.78, 5) is 24.9. The first-order valence-electron chi connectivity index (χ1n) is 8.16. The second-order valence-electron chi connectivity index (χ2n) is 6.17. The topological polar surface area (TPSA) is 52.6 Å². The van der Waals surface area contributed by atoms with E-state index >= 15 is 0 Å². The van der Waals surface area contributed by atoms with Crippen LogP contribution in [0, 0.1) is 0 Å². The van der Waals surface area contributed by atoms with Crippen molar-refractivity contribution < 1.29 is 19.1 Å². The van der Waals surface area contributed by atoms with Crippen LogP contribution in [0.3, 0.4) is 0 Å². The molecule has 0 aliphatic heterocycles. The zero-order chi connectivity index (χ0) is 17.9. The number of rotatable bonds is 6. The minimum Gasteiger partial charge on any atom is -0.497 e. The van der Waals surface area contributed by atoms with Crippen LogP contribution in [0.1, 0.15) is 35.2 Å². The summed E-state index contributed by atoms with van der Waals surface area (Å²) in [6.45, 7) is -0.276. The van der Waals surface area contributed by atoms with Gasteiger partial charge in [0.25, 0.3) is 0 Å². The minimum atomic E-state index is -0.654. The Hall–Kier alpha value is -2.33. The van der Waals surface area contributed by atoms with E-state index in [2.05, 4.69) is 0 Å². The summed E-state index contributed by atoms with van der Waals surface area (Å²) in [5.74, 6) is -0.0102. The van der Waals surface area contributed by atoms with Gasteiger partial charge in [-0.2, -0.15) is 0 Å². The summed E-state index contributed by atoms with van der Waals surface area (Å²) in [5.41, 5.74) is 0.697. The summed E-state index contributed by atoms with van der Waals surface area (Å²) >= 11 is 5.93. The second kappa shape index (κ2) is 7.28. The smallest absolute Gasteiger partial charge is 0.317 e. The molecule has 0 N–H and O–H groups in total. The van der Waals surface area contributed by atoms with E-state index < -0.39 is 5.41 Å². The highest BCUT2D eigenvalue weighted by atomic mass is 35.5. The predicted octanol–water partition coefficient (Wildman–Crippen LogP) is 4.20. The van der Waals surface area contributed by atoms with Crippen LogP contribution < -0.4 is 4.74 Å². The summed E-state index contributed by atoms with van der Waals surface area (Å²) < 4.78 is 10.5. The standard InChI is InChI=1S/C20H19ClO4/c1-24-17-5-2-4-14(12-17)18(22)13-25-19(23)20(10-3-11-20)15-6-8-16(21)9-7-15/h2,4-9,12H,3,10-11,13H2,1H3. The van der Waals surface area contributed by atoms with E-state index in [-0.39, 0.29) is 18.4 Å². The lowest BCUT2D eigenvalue weighted by atomic mass is 9.64. The number of methoxy groups -OCH3 is 1. The quantitative estimate of drug-likeness (QED) is 0.573. The van der Waals surface area contributed by atoms with Gasteiger partial charge in [0.15, 0.2) is 12.4 Å². The molecular weight excluding hydrogens is 340 g/mol. The number of benzene rings is 2. The number of ketones is 1. The second-order valence-corrected chi connectivity index (χ2v) is 6.61. The monoisotopic (exact) mass is 358 g/mol. The van der Waals surface area contributed by atoms with Crippen LogP contribution in [0.15, 0.2) is 48.5 Å². The number of ether oxygens (including phenoxy) is 2. The maximum Gasteiger partial charge on any atom is 0.317 e. The number of Topliss-reactive ketones (excluding diaryl/α,β-unsaturated/α-hetero) is 1. The van der Waals surface area contributed by atoms with Gasteiger partial charge in [0, 0.05) is 10.6 Å². The zero-order valence-corrected chi connectivity index (χ0v) is 14.7. The molecule has 0 radical (unpaired) electrons. The minimum absolute atomic E-state index is 0.252. The number of hydrogen-bond acceptors (Lipinski definition) is 4. The van der Waals surface area contributed by atoms with Gasteiger partial charge in [0.1, 0.15) is 5.75 Å². The fourth-order valence-electron chi connectivity index (χ4n) is 3.06. The van der Waals surface area contributed by atoms with E-state index in [0.29, 0.717) is 16.3 Å². The van der Waals surface area contributed by atoms with E-state index in [1.54, 1.807) is 36.4 Å². The van der Waals surface area contributed by atoms with Gasteiger partial charge in [-0.3, -0.25) is 9.59 Å². The molecule has 0 atom stereocenters. The Morgan fingerprint density at radius 1 is 1.12 bits per heavy atom. The molecule has 2 aromatic carbocycles. The number of hydrogen-bond donors (Lipinski definition) is 0. The van der Waals surface area contributed by atoms with Gasteiger partial charge in [-0.15, -0.1) is 0 Å². The van der Waals surface area contributed by atoms with Crippen molar-refractivity contribution in [2.75, 3.05) is 13.7 Å². The third kappa shape index (κ3) is 3.54. The van der Waals surface area contributed by atoms with E-state index in [0.717, 1.165) is 24.8 Å². The maximum absolute atomic E-state index is 12.7. The summed E-state index contributed by atoms with van der Waals surface area (Å²) in [6, 6.07) is 14.0.